The highest BCUT2D eigenvalue weighted by Gasteiger charge is 2.31. The van der Waals surface area contributed by atoms with Gasteiger partial charge in [-0.2, -0.15) is 0 Å². The van der Waals surface area contributed by atoms with Gasteiger partial charge < -0.3 is 11.1 Å². The lowest BCUT2D eigenvalue weighted by Gasteiger charge is -2.42. The lowest BCUT2D eigenvalue weighted by Crippen LogP contribution is -2.54. The average Bonchev–Trinajstić information content (AvgIpc) is 2.71. The molecule has 1 aliphatic rings. The van der Waals surface area contributed by atoms with Crippen LogP contribution in [0.5, 0.6) is 0 Å². The zero-order valence-electron chi connectivity index (χ0n) is 17.4. The first kappa shape index (κ1) is 25.4. The second-order valence-electron chi connectivity index (χ2n) is 8.20. The number of carbonyl (C=O) groups is 1. The Morgan fingerprint density at radius 3 is 2.31 bits per heavy atom. The largest absolute Gasteiger partial charge is 0.354 e. The summed E-state index contributed by atoms with van der Waals surface area (Å²) in [6, 6.07) is 18.2. The van der Waals surface area contributed by atoms with Crippen molar-refractivity contribution < 1.29 is 4.79 Å². The minimum atomic E-state index is -0.295. The van der Waals surface area contributed by atoms with Gasteiger partial charge in [-0.3, -0.25) is 9.69 Å². The fraction of sp³-hybridized carbons (Fsp3) is 0.435. The van der Waals surface area contributed by atoms with E-state index in [9.17, 15) is 4.79 Å². The predicted molar refractivity (Wildman–Crippen MR) is 125 cm³/mol. The third-order valence-electron chi connectivity index (χ3n) is 5.82. The molecular weight excluding hydrogens is 405 g/mol. The van der Waals surface area contributed by atoms with E-state index in [1.54, 1.807) is 0 Å². The Bertz CT molecular complexity index is 783. The minimum Gasteiger partial charge on any atom is -0.354 e. The van der Waals surface area contributed by atoms with Gasteiger partial charge in [0, 0.05) is 31.2 Å². The molecule has 1 heterocycles. The number of rotatable bonds is 6. The van der Waals surface area contributed by atoms with Gasteiger partial charge in [0.2, 0.25) is 5.91 Å². The molecule has 0 aromatic heterocycles. The molecule has 3 N–H and O–H groups in total. The highest BCUT2D eigenvalue weighted by molar-refractivity contribution is 5.85. The van der Waals surface area contributed by atoms with Gasteiger partial charge in [0.05, 0.1) is 5.92 Å². The van der Waals surface area contributed by atoms with Crippen LogP contribution in [0.15, 0.2) is 54.6 Å². The van der Waals surface area contributed by atoms with Gasteiger partial charge in [0.15, 0.2) is 0 Å². The molecule has 2 aromatic carbocycles. The van der Waals surface area contributed by atoms with Crippen molar-refractivity contribution in [2.45, 2.75) is 45.3 Å². The first-order valence-electron chi connectivity index (χ1n) is 9.78. The predicted octanol–water partition coefficient (Wildman–Crippen LogP) is 4.12. The quantitative estimate of drug-likeness (QED) is 0.714. The van der Waals surface area contributed by atoms with Crippen LogP contribution in [-0.2, 0) is 17.8 Å². The summed E-state index contributed by atoms with van der Waals surface area (Å²) in [6.07, 6.45) is 1.06. The summed E-state index contributed by atoms with van der Waals surface area (Å²) < 4.78 is 0. The molecule has 0 spiro atoms. The van der Waals surface area contributed by atoms with E-state index in [-0.39, 0.29) is 48.2 Å². The molecule has 2 aromatic rings. The van der Waals surface area contributed by atoms with Gasteiger partial charge in [-0.15, -0.1) is 24.8 Å². The SMILES string of the molecule is CC(C(=O)NCC(C)(C)N1CCc2ccccc2C1)C(N)c1ccccc1.Cl.Cl. The number of benzene rings is 2. The van der Waals surface area contributed by atoms with Crippen LogP contribution in [0.3, 0.4) is 0 Å². The van der Waals surface area contributed by atoms with Crippen LogP contribution in [-0.4, -0.2) is 29.4 Å². The van der Waals surface area contributed by atoms with Crippen molar-refractivity contribution in [1.29, 1.82) is 0 Å². The second-order valence-corrected chi connectivity index (χ2v) is 8.20. The summed E-state index contributed by atoms with van der Waals surface area (Å²) in [7, 11) is 0. The number of hydrogen-bond acceptors (Lipinski definition) is 3. The van der Waals surface area contributed by atoms with Gasteiger partial charge >= 0.3 is 0 Å². The highest BCUT2D eigenvalue weighted by Crippen LogP contribution is 2.25. The Morgan fingerprint density at radius 1 is 1.07 bits per heavy atom. The molecule has 2 atom stereocenters. The molecule has 3 rings (SSSR count). The molecule has 0 radical (unpaired) electrons. The molecule has 0 bridgehead atoms. The van der Waals surface area contributed by atoms with E-state index in [0.29, 0.717) is 6.54 Å². The third-order valence-corrected chi connectivity index (χ3v) is 5.82. The summed E-state index contributed by atoms with van der Waals surface area (Å²) in [5.41, 5.74) is 10.0. The van der Waals surface area contributed by atoms with Crippen molar-refractivity contribution in [2.24, 2.45) is 11.7 Å². The molecule has 6 heteroatoms. The molecule has 4 nitrogen and oxygen atoms in total. The Morgan fingerprint density at radius 2 is 1.66 bits per heavy atom. The van der Waals surface area contributed by atoms with Crippen molar-refractivity contribution in [1.82, 2.24) is 10.2 Å². The first-order chi connectivity index (χ1) is 12.9. The van der Waals surface area contributed by atoms with Crippen LogP contribution in [0.25, 0.3) is 0 Å². The number of carbonyl (C=O) groups excluding carboxylic acids is 1. The molecule has 0 fully saturated rings. The monoisotopic (exact) mass is 437 g/mol. The number of fused-ring (bicyclic) bond motifs is 1. The van der Waals surface area contributed by atoms with Crippen LogP contribution >= 0.6 is 24.8 Å². The standard InChI is InChI=1S/C23H31N3O.2ClH/c1-17(21(24)19-10-5-4-6-11-19)22(27)25-16-23(2,3)26-14-13-18-9-7-8-12-20(18)15-26;;/h4-12,17,21H,13-16,24H2,1-3H3,(H,25,27);2*1H. The molecule has 29 heavy (non-hydrogen) atoms. The maximum atomic E-state index is 12.7. The van der Waals surface area contributed by atoms with Crippen molar-refractivity contribution >= 4 is 30.7 Å². The fourth-order valence-electron chi connectivity index (χ4n) is 3.72. The Balaban J connectivity index is 0.00000210. The van der Waals surface area contributed by atoms with E-state index in [2.05, 4.69) is 48.3 Å². The van der Waals surface area contributed by atoms with E-state index >= 15 is 0 Å². The van der Waals surface area contributed by atoms with Gasteiger partial charge in [-0.05, 0) is 37.0 Å². The smallest absolute Gasteiger partial charge is 0.224 e. The summed E-state index contributed by atoms with van der Waals surface area (Å²) in [4.78, 5) is 15.1. The molecule has 160 valence electrons. The Labute approximate surface area is 187 Å². The Kier molecular flexibility index (Phi) is 9.63. The zero-order chi connectivity index (χ0) is 19.4. The number of halogens is 2. The number of nitrogens with zero attached hydrogens (tertiary/aromatic N) is 1. The van der Waals surface area contributed by atoms with Gasteiger partial charge in [0.25, 0.3) is 0 Å². The molecule has 0 saturated heterocycles. The van der Waals surface area contributed by atoms with Crippen LogP contribution in [0.2, 0.25) is 0 Å². The Hall–Kier alpha value is -1.59. The van der Waals surface area contributed by atoms with Crippen LogP contribution in [0.4, 0.5) is 0 Å². The summed E-state index contributed by atoms with van der Waals surface area (Å²) in [5, 5.41) is 3.13. The van der Waals surface area contributed by atoms with Crippen LogP contribution in [0.1, 0.15) is 43.5 Å². The van der Waals surface area contributed by atoms with Gasteiger partial charge in [0.1, 0.15) is 0 Å². The lowest BCUT2D eigenvalue weighted by molar-refractivity contribution is -0.125. The van der Waals surface area contributed by atoms with Crippen molar-refractivity contribution in [3.8, 4) is 0 Å². The lowest BCUT2D eigenvalue weighted by atomic mass is 9.92. The molecule has 1 amide bonds. The number of nitrogens with one attached hydrogen (secondary N) is 1. The summed E-state index contributed by atoms with van der Waals surface area (Å²) >= 11 is 0. The fourth-order valence-corrected chi connectivity index (χ4v) is 3.72. The van der Waals surface area contributed by atoms with Crippen LogP contribution < -0.4 is 11.1 Å². The third kappa shape index (κ3) is 6.19. The topological polar surface area (TPSA) is 58.4 Å². The van der Waals surface area contributed by atoms with Crippen molar-refractivity contribution in [2.75, 3.05) is 13.1 Å². The number of hydrogen-bond donors (Lipinski definition) is 2. The van der Waals surface area contributed by atoms with Crippen molar-refractivity contribution in [3.63, 3.8) is 0 Å². The van der Waals surface area contributed by atoms with Gasteiger partial charge in [-0.1, -0.05) is 61.5 Å². The zero-order valence-corrected chi connectivity index (χ0v) is 19.1. The van der Waals surface area contributed by atoms with Gasteiger partial charge in [-0.25, -0.2) is 0 Å². The molecule has 2 unspecified atom stereocenters. The molecule has 0 aliphatic carbocycles. The van der Waals surface area contributed by atoms with E-state index in [0.717, 1.165) is 25.1 Å². The maximum Gasteiger partial charge on any atom is 0.224 e. The first-order valence-corrected chi connectivity index (χ1v) is 9.78. The second kappa shape index (κ2) is 11.0. The maximum absolute atomic E-state index is 12.7. The normalized spacial score (nSPS) is 15.9. The van der Waals surface area contributed by atoms with Crippen molar-refractivity contribution in [3.05, 3.63) is 71.3 Å². The van der Waals surface area contributed by atoms with E-state index in [1.807, 2.05) is 37.3 Å². The number of amides is 1. The van der Waals surface area contributed by atoms with E-state index in [4.69, 9.17) is 5.73 Å². The minimum absolute atomic E-state index is 0. The summed E-state index contributed by atoms with van der Waals surface area (Å²) in [6.45, 7) is 8.85. The summed E-state index contributed by atoms with van der Waals surface area (Å²) in [5.74, 6) is -0.262. The highest BCUT2D eigenvalue weighted by atomic mass is 35.5. The number of nitrogens with two attached hydrogens (primary N) is 1. The molecule has 0 saturated carbocycles. The average molecular weight is 438 g/mol. The van der Waals surface area contributed by atoms with Crippen LogP contribution in [0, 0.1) is 5.92 Å². The van der Waals surface area contributed by atoms with E-state index < -0.39 is 0 Å². The molecule has 1 aliphatic heterocycles. The van der Waals surface area contributed by atoms with E-state index in [1.165, 1.54) is 11.1 Å². The molecular formula is C23H33Cl2N3O.